The van der Waals surface area contributed by atoms with Crippen molar-refractivity contribution in [1.82, 2.24) is 0 Å². The van der Waals surface area contributed by atoms with Gasteiger partial charge in [0.1, 0.15) is 11.8 Å². The van der Waals surface area contributed by atoms with Crippen LogP contribution >= 0.6 is 27.5 Å². The third kappa shape index (κ3) is 4.22. The summed E-state index contributed by atoms with van der Waals surface area (Å²) in [5, 5.41) is 12.1. The van der Waals surface area contributed by atoms with E-state index >= 15 is 0 Å². The number of amides is 1. The molecule has 0 unspecified atom stereocenters. The van der Waals surface area contributed by atoms with Crippen LogP contribution in [0.1, 0.15) is 5.56 Å². The molecule has 0 aliphatic rings. The van der Waals surface area contributed by atoms with Gasteiger partial charge in [-0.05, 0) is 46.3 Å². The predicted octanol–water partition coefficient (Wildman–Crippen LogP) is 3.99. The summed E-state index contributed by atoms with van der Waals surface area (Å²) in [7, 11) is 0. The lowest BCUT2D eigenvalue weighted by atomic mass is 10.2. The Morgan fingerprint density at radius 3 is 2.81 bits per heavy atom. The minimum Gasteiger partial charge on any atom is -0.482 e. The topological polar surface area (TPSA) is 62.1 Å². The molecule has 6 heteroatoms. The van der Waals surface area contributed by atoms with Gasteiger partial charge < -0.3 is 10.1 Å². The van der Waals surface area contributed by atoms with E-state index < -0.39 is 0 Å². The molecule has 4 nitrogen and oxygen atoms in total. The van der Waals surface area contributed by atoms with Crippen molar-refractivity contribution in [2.24, 2.45) is 0 Å². The van der Waals surface area contributed by atoms with Gasteiger partial charge in [0.05, 0.1) is 10.6 Å². The summed E-state index contributed by atoms with van der Waals surface area (Å²) in [6.07, 6.45) is 0. The number of anilines is 1. The van der Waals surface area contributed by atoms with Crippen LogP contribution in [0, 0.1) is 11.3 Å². The van der Waals surface area contributed by atoms with Crippen LogP contribution in [0.2, 0.25) is 5.02 Å². The fourth-order valence-corrected chi connectivity index (χ4v) is 2.03. The Hall–Kier alpha value is -2.03. The molecule has 106 valence electrons. The number of carbonyl (C=O) groups is 1. The number of benzene rings is 2. The molecule has 0 saturated heterocycles. The second kappa shape index (κ2) is 7.11. The van der Waals surface area contributed by atoms with Crippen molar-refractivity contribution in [3.8, 4) is 11.8 Å². The average Bonchev–Trinajstić information content (AvgIpc) is 2.49. The second-order valence-corrected chi connectivity index (χ2v) is 5.34. The Balaban J connectivity index is 1.96. The van der Waals surface area contributed by atoms with Gasteiger partial charge in [-0.25, -0.2) is 0 Å². The number of halogens is 2. The molecule has 1 N–H and O–H groups in total. The number of carbonyl (C=O) groups excluding carboxylic acids is 1. The van der Waals surface area contributed by atoms with E-state index in [1.807, 2.05) is 6.07 Å². The lowest BCUT2D eigenvalue weighted by molar-refractivity contribution is -0.118. The Bertz CT molecular complexity index is 713. The highest BCUT2D eigenvalue weighted by Gasteiger charge is 2.07. The maximum absolute atomic E-state index is 11.8. The van der Waals surface area contributed by atoms with Crippen LogP contribution in [-0.4, -0.2) is 12.5 Å². The fraction of sp³-hybridized carbons (Fsp3) is 0.0667. The summed E-state index contributed by atoms with van der Waals surface area (Å²) < 4.78 is 6.09. The van der Waals surface area contributed by atoms with Gasteiger partial charge in [0, 0.05) is 10.2 Å². The minimum atomic E-state index is -0.332. The largest absolute Gasteiger partial charge is 0.482 e. The number of para-hydroxylation sites is 1. The van der Waals surface area contributed by atoms with Crippen LogP contribution in [0.25, 0.3) is 0 Å². The summed E-state index contributed by atoms with van der Waals surface area (Å²) >= 11 is 9.22. The Morgan fingerprint density at radius 1 is 1.33 bits per heavy atom. The van der Waals surface area contributed by atoms with E-state index in [1.165, 1.54) is 0 Å². The van der Waals surface area contributed by atoms with Crippen LogP contribution in [0.3, 0.4) is 0 Å². The third-order valence-electron chi connectivity index (χ3n) is 2.57. The number of hydrogen-bond donors (Lipinski definition) is 1. The van der Waals surface area contributed by atoms with Crippen LogP contribution in [0.4, 0.5) is 5.69 Å². The van der Waals surface area contributed by atoms with Crippen LogP contribution in [0.15, 0.2) is 46.9 Å². The standard InChI is InChI=1S/C15H10BrClN2O2/c16-12-6-5-11(7-13(12)17)19-15(20)9-21-14-4-2-1-3-10(14)8-18/h1-7H,9H2,(H,19,20). The predicted molar refractivity (Wildman–Crippen MR) is 84.4 cm³/mol. The number of ether oxygens (including phenoxy) is 1. The smallest absolute Gasteiger partial charge is 0.262 e. The molecule has 0 saturated carbocycles. The zero-order chi connectivity index (χ0) is 15.2. The Morgan fingerprint density at radius 2 is 2.10 bits per heavy atom. The zero-order valence-corrected chi connectivity index (χ0v) is 13.1. The number of nitriles is 1. The first-order chi connectivity index (χ1) is 10.1. The van der Waals surface area contributed by atoms with E-state index in [0.29, 0.717) is 22.0 Å². The molecule has 2 aromatic rings. The number of hydrogen-bond acceptors (Lipinski definition) is 3. The summed E-state index contributed by atoms with van der Waals surface area (Å²) in [6.45, 7) is -0.188. The van der Waals surface area contributed by atoms with E-state index in [0.717, 1.165) is 4.47 Å². The lowest BCUT2D eigenvalue weighted by Crippen LogP contribution is -2.20. The van der Waals surface area contributed by atoms with Crippen LogP contribution in [-0.2, 0) is 4.79 Å². The van der Waals surface area contributed by atoms with Crippen molar-refractivity contribution in [2.75, 3.05) is 11.9 Å². The average molecular weight is 366 g/mol. The maximum atomic E-state index is 11.8. The first-order valence-corrected chi connectivity index (χ1v) is 7.14. The highest BCUT2D eigenvalue weighted by atomic mass is 79.9. The fourth-order valence-electron chi connectivity index (χ4n) is 1.60. The molecular weight excluding hydrogens is 356 g/mol. The molecule has 0 atom stereocenters. The molecule has 21 heavy (non-hydrogen) atoms. The van der Waals surface area contributed by atoms with E-state index in [9.17, 15) is 4.79 Å². The van der Waals surface area contributed by atoms with Gasteiger partial charge in [0.25, 0.3) is 5.91 Å². The van der Waals surface area contributed by atoms with Crippen LogP contribution in [0.5, 0.6) is 5.75 Å². The van der Waals surface area contributed by atoms with Gasteiger partial charge in [0.15, 0.2) is 6.61 Å². The minimum absolute atomic E-state index is 0.188. The molecule has 0 bridgehead atoms. The van der Waals surface area contributed by atoms with Gasteiger partial charge >= 0.3 is 0 Å². The van der Waals surface area contributed by atoms with E-state index in [1.54, 1.807) is 42.5 Å². The van der Waals surface area contributed by atoms with Gasteiger partial charge in [-0.15, -0.1) is 0 Å². The molecule has 0 spiro atoms. The van der Waals surface area contributed by atoms with Gasteiger partial charge in [-0.3, -0.25) is 4.79 Å². The number of nitrogens with one attached hydrogen (secondary N) is 1. The van der Waals surface area contributed by atoms with Crippen LogP contribution < -0.4 is 10.1 Å². The molecule has 2 aromatic carbocycles. The molecule has 0 aromatic heterocycles. The van der Waals surface area contributed by atoms with Crippen molar-refractivity contribution >= 4 is 39.1 Å². The quantitative estimate of drug-likeness (QED) is 0.891. The molecule has 0 fully saturated rings. The molecular formula is C15H10BrClN2O2. The second-order valence-electron chi connectivity index (χ2n) is 4.07. The molecule has 0 radical (unpaired) electrons. The first kappa shape index (κ1) is 15.4. The normalized spacial score (nSPS) is 9.76. The van der Waals surface area contributed by atoms with Crippen molar-refractivity contribution in [3.63, 3.8) is 0 Å². The van der Waals surface area contributed by atoms with E-state index in [2.05, 4.69) is 21.2 Å². The third-order valence-corrected chi connectivity index (χ3v) is 3.80. The van der Waals surface area contributed by atoms with Gasteiger partial charge in [0.2, 0.25) is 0 Å². The first-order valence-electron chi connectivity index (χ1n) is 5.97. The highest BCUT2D eigenvalue weighted by molar-refractivity contribution is 9.10. The number of rotatable bonds is 4. The van der Waals surface area contributed by atoms with Crippen molar-refractivity contribution in [1.29, 1.82) is 5.26 Å². The molecule has 0 heterocycles. The summed E-state index contributed by atoms with van der Waals surface area (Å²) in [4.78, 5) is 11.8. The highest BCUT2D eigenvalue weighted by Crippen LogP contribution is 2.25. The molecule has 1 amide bonds. The molecule has 2 rings (SSSR count). The van der Waals surface area contributed by atoms with E-state index in [-0.39, 0.29) is 12.5 Å². The maximum Gasteiger partial charge on any atom is 0.262 e. The van der Waals surface area contributed by atoms with Crippen molar-refractivity contribution in [2.45, 2.75) is 0 Å². The summed E-state index contributed by atoms with van der Waals surface area (Å²) in [6, 6.07) is 13.8. The number of nitrogens with zero attached hydrogens (tertiary/aromatic N) is 1. The van der Waals surface area contributed by atoms with Crippen molar-refractivity contribution < 1.29 is 9.53 Å². The lowest BCUT2D eigenvalue weighted by Gasteiger charge is -2.09. The molecule has 0 aliphatic carbocycles. The summed E-state index contributed by atoms with van der Waals surface area (Å²) in [5.41, 5.74) is 0.961. The van der Waals surface area contributed by atoms with Crippen molar-refractivity contribution in [3.05, 3.63) is 57.5 Å². The molecule has 0 aliphatic heterocycles. The summed E-state index contributed by atoms with van der Waals surface area (Å²) in [5.74, 6) is 0.0464. The zero-order valence-electron chi connectivity index (χ0n) is 10.8. The monoisotopic (exact) mass is 364 g/mol. The Labute approximate surface area is 135 Å². The van der Waals surface area contributed by atoms with Gasteiger partial charge in [-0.1, -0.05) is 23.7 Å². The van der Waals surface area contributed by atoms with Gasteiger partial charge in [-0.2, -0.15) is 5.26 Å². The Kier molecular flexibility index (Phi) is 5.20. The SMILES string of the molecule is N#Cc1ccccc1OCC(=O)Nc1ccc(Br)c(Cl)c1. The van der Waals surface area contributed by atoms with E-state index in [4.69, 9.17) is 21.6 Å².